The fourth-order valence-corrected chi connectivity index (χ4v) is 6.25. The van der Waals surface area contributed by atoms with Crippen molar-refractivity contribution < 1.29 is 18.7 Å². The van der Waals surface area contributed by atoms with Gasteiger partial charge in [-0.1, -0.05) is 77.0 Å². The molecule has 1 unspecified atom stereocenters. The Kier molecular flexibility index (Phi) is 19.0. The molecule has 11 heteroatoms. The summed E-state index contributed by atoms with van der Waals surface area (Å²) in [6.07, 6.45) is 28.3. The van der Waals surface area contributed by atoms with E-state index in [-0.39, 0.29) is 19.6 Å². The molecule has 226 valence electrons. The van der Waals surface area contributed by atoms with Gasteiger partial charge < -0.3 is 24.5 Å². The molecule has 0 spiro atoms. The van der Waals surface area contributed by atoms with Crippen molar-refractivity contribution in [3.63, 3.8) is 0 Å². The van der Waals surface area contributed by atoms with E-state index in [1.54, 1.807) is 10.9 Å². The van der Waals surface area contributed by atoms with Crippen LogP contribution in [-0.2, 0) is 20.4 Å². The molecule has 2 aromatic rings. The van der Waals surface area contributed by atoms with Gasteiger partial charge in [0, 0.05) is 13.0 Å². The Morgan fingerprint density at radius 2 is 1.48 bits per heavy atom. The summed E-state index contributed by atoms with van der Waals surface area (Å²) in [5.74, 6) is 5.11. The number of nitrogens with zero attached hydrogens (tertiary/aromatic N) is 4. The first kappa shape index (κ1) is 34.6. The molecule has 3 N–H and O–H groups in total. The molecule has 0 aromatic carbocycles. The minimum Gasteiger partial charge on any atom is -0.382 e. The standard InChI is InChI=1S/C29H50N5O4PS/c1-2-3-4-5-6-7-8-9-10-11-12-13-14-15-16-17-22-40-23-18-20-38-39(35,36)26-37-21-19-34-25-33-27-28(30)31-24-32-29(27)34/h1,24-25H,3-23,26H2,(H,35,36)(H2,30,31,32). The van der Waals surface area contributed by atoms with Crippen molar-refractivity contribution in [1.29, 1.82) is 0 Å². The Labute approximate surface area is 245 Å². The molecule has 2 aromatic heterocycles. The number of nitrogen functional groups attached to an aromatic ring is 1. The van der Waals surface area contributed by atoms with E-state index in [0.29, 0.717) is 23.5 Å². The molecule has 40 heavy (non-hydrogen) atoms. The van der Waals surface area contributed by atoms with Crippen LogP contribution in [0.15, 0.2) is 12.7 Å². The van der Waals surface area contributed by atoms with Crippen LogP contribution in [0, 0.1) is 12.3 Å². The number of hydrogen-bond acceptors (Lipinski definition) is 8. The summed E-state index contributed by atoms with van der Waals surface area (Å²) in [6, 6.07) is 0. The van der Waals surface area contributed by atoms with Crippen LogP contribution in [0.1, 0.15) is 103 Å². The molecule has 0 aliphatic rings. The van der Waals surface area contributed by atoms with Crippen LogP contribution in [0.2, 0.25) is 0 Å². The zero-order valence-electron chi connectivity index (χ0n) is 24.2. The Bertz CT molecular complexity index is 1020. The number of imidazole rings is 1. The number of nitrogens with two attached hydrogens (primary N) is 1. The normalized spacial score (nSPS) is 13.0. The molecule has 0 amide bonds. The summed E-state index contributed by atoms with van der Waals surface area (Å²) >= 11 is 1.89. The maximum absolute atomic E-state index is 12.2. The highest BCUT2D eigenvalue weighted by Crippen LogP contribution is 2.41. The van der Waals surface area contributed by atoms with Gasteiger partial charge in [-0.3, -0.25) is 4.57 Å². The number of anilines is 1. The molecule has 0 fully saturated rings. The average molecular weight is 596 g/mol. The SMILES string of the molecule is C#CCCCCCCCCCCCCCCCCSCCCOP(=O)(O)COCCn1cnc2c(N)ncnc21. The van der Waals surface area contributed by atoms with Crippen molar-refractivity contribution in [2.24, 2.45) is 0 Å². The molecule has 0 bridgehead atoms. The van der Waals surface area contributed by atoms with Crippen molar-refractivity contribution >= 4 is 36.3 Å². The van der Waals surface area contributed by atoms with Gasteiger partial charge in [0.05, 0.1) is 19.5 Å². The highest BCUT2D eigenvalue weighted by Gasteiger charge is 2.19. The Morgan fingerprint density at radius 1 is 0.875 bits per heavy atom. The second kappa shape index (κ2) is 22.0. The molecule has 2 heterocycles. The molecule has 1 atom stereocenters. The number of aromatic nitrogens is 4. The highest BCUT2D eigenvalue weighted by molar-refractivity contribution is 7.99. The Balaban J connectivity index is 1.31. The van der Waals surface area contributed by atoms with E-state index in [2.05, 4.69) is 20.9 Å². The van der Waals surface area contributed by atoms with E-state index in [9.17, 15) is 9.46 Å². The van der Waals surface area contributed by atoms with E-state index < -0.39 is 7.60 Å². The predicted octanol–water partition coefficient (Wildman–Crippen LogP) is 7.19. The van der Waals surface area contributed by atoms with Crippen molar-refractivity contribution in [3.05, 3.63) is 12.7 Å². The number of ether oxygens (including phenoxy) is 1. The second-order valence-electron chi connectivity index (χ2n) is 10.2. The molecule has 0 saturated heterocycles. The number of hydrogen-bond donors (Lipinski definition) is 2. The fraction of sp³-hybridized carbons (Fsp3) is 0.759. The third-order valence-electron chi connectivity index (χ3n) is 6.75. The van der Waals surface area contributed by atoms with Crippen LogP contribution in [-0.4, -0.2) is 55.5 Å². The topological polar surface area (TPSA) is 125 Å². The second-order valence-corrected chi connectivity index (χ2v) is 13.3. The lowest BCUT2D eigenvalue weighted by Gasteiger charge is -2.12. The first-order valence-corrected chi connectivity index (χ1v) is 17.9. The van der Waals surface area contributed by atoms with Gasteiger partial charge in [0.25, 0.3) is 0 Å². The lowest BCUT2D eigenvalue weighted by Crippen LogP contribution is -2.08. The van der Waals surface area contributed by atoms with Crippen molar-refractivity contribution in [2.75, 3.05) is 36.8 Å². The fourth-order valence-electron chi connectivity index (χ4n) is 4.47. The molecule has 0 saturated carbocycles. The van der Waals surface area contributed by atoms with Gasteiger partial charge in [-0.2, -0.15) is 11.8 Å². The number of rotatable bonds is 26. The lowest BCUT2D eigenvalue weighted by molar-refractivity contribution is 0.138. The average Bonchev–Trinajstić information content (AvgIpc) is 3.36. The van der Waals surface area contributed by atoms with Crippen LogP contribution in [0.3, 0.4) is 0 Å². The summed E-state index contributed by atoms with van der Waals surface area (Å²) in [4.78, 5) is 22.2. The van der Waals surface area contributed by atoms with Gasteiger partial charge in [-0.25, -0.2) is 15.0 Å². The highest BCUT2D eigenvalue weighted by atomic mass is 32.2. The zero-order valence-corrected chi connectivity index (χ0v) is 25.9. The monoisotopic (exact) mass is 595 g/mol. The van der Waals surface area contributed by atoms with Crippen molar-refractivity contribution in [1.82, 2.24) is 19.5 Å². The molecule has 0 radical (unpaired) electrons. The van der Waals surface area contributed by atoms with Crippen LogP contribution >= 0.6 is 19.4 Å². The van der Waals surface area contributed by atoms with E-state index in [1.807, 2.05) is 11.8 Å². The molecular formula is C29H50N5O4PS. The first-order chi connectivity index (χ1) is 19.5. The largest absolute Gasteiger partial charge is 0.382 e. The Hall–Kier alpha value is -1.63. The summed E-state index contributed by atoms with van der Waals surface area (Å²) in [5, 5.41) is 0. The number of thioether (sulfide) groups is 1. The van der Waals surface area contributed by atoms with Crippen LogP contribution in [0.5, 0.6) is 0 Å². The molecule has 0 aliphatic heterocycles. The third kappa shape index (κ3) is 16.0. The minimum atomic E-state index is -3.76. The van der Waals surface area contributed by atoms with E-state index in [4.69, 9.17) is 21.4 Å². The van der Waals surface area contributed by atoms with Crippen molar-refractivity contribution in [3.8, 4) is 12.3 Å². The molecular weight excluding hydrogens is 545 g/mol. The first-order valence-electron chi connectivity index (χ1n) is 15.0. The van der Waals surface area contributed by atoms with Gasteiger partial charge in [0.15, 0.2) is 11.5 Å². The summed E-state index contributed by atoms with van der Waals surface area (Å²) < 4.78 is 24.5. The lowest BCUT2D eigenvalue weighted by atomic mass is 10.0. The smallest absolute Gasteiger partial charge is 0.353 e. The maximum Gasteiger partial charge on any atom is 0.353 e. The van der Waals surface area contributed by atoms with E-state index in [1.165, 1.54) is 96.2 Å². The van der Waals surface area contributed by atoms with Gasteiger partial charge in [0.2, 0.25) is 0 Å². The molecule has 0 aliphatic carbocycles. The zero-order chi connectivity index (χ0) is 28.7. The van der Waals surface area contributed by atoms with Crippen LogP contribution in [0.4, 0.5) is 5.82 Å². The van der Waals surface area contributed by atoms with E-state index >= 15 is 0 Å². The number of terminal acetylenes is 1. The van der Waals surface area contributed by atoms with Crippen molar-refractivity contribution in [2.45, 2.75) is 109 Å². The Morgan fingerprint density at radius 3 is 2.12 bits per heavy atom. The van der Waals surface area contributed by atoms with Crippen LogP contribution in [0.25, 0.3) is 11.2 Å². The maximum atomic E-state index is 12.2. The number of fused-ring (bicyclic) bond motifs is 1. The summed E-state index contributed by atoms with van der Waals surface area (Å²) in [6.45, 7) is 0.923. The van der Waals surface area contributed by atoms with Crippen LogP contribution < -0.4 is 5.73 Å². The van der Waals surface area contributed by atoms with Gasteiger partial charge in [-0.15, -0.1) is 12.3 Å². The molecule has 9 nitrogen and oxygen atoms in total. The van der Waals surface area contributed by atoms with E-state index in [0.717, 1.165) is 24.3 Å². The van der Waals surface area contributed by atoms with Gasteiger partial charge in [-0.05, 0) is 30.8 Å². The number of unbranched alkanes of at least 4 members (excludes halogenated alkanes) is 14. The van der Waals surface area contributed by atoms with Gasteiger partial charge >= 0.3 is 7.60 Å². The van der Waals surface area contributed by atoms with Gasteiger partial charge in [0.1, 0.15) is 18.2 Å². The predicted molar refractivity (Wildman–Crippen MR) is 166 cm³/mol. The summed E-state index contributed by atoms with van der Waals surface area (Å²) in [5.41, 5.74) is 6.91. The summed E-state index contributed by atoms with van der Waals surface area (Å²) in [7, 11) is -3.76. The third-order valence-corrected chi connectivity index (χ3v) is 9.00. The quantitative estimate of drug-likeness (QED) is 0.0660. The minimum absolute atomic E-state index is 0.230. The molecule has 2 rings (SSSR count).